The number of nitrogens with one attached hydrogen (secondary N) is 1. The van der Waals surface area contributed by atoms with Crippen LogP contribution in [0.15, 0.2) is 18.2 Å². The molecule has 1 aromatic carbocycles. The Bertz CT molecular complexity index is 366. The van der Waals surface area contributed by atoms with Crippen LogP contribution in [0.4, 0.5) is 4.39 Å². The second-order valence-electron chi connectivity index (χ2n) is 5.42. The number of ether oxygens (including phenoxy) is 1. The lowest BCUT2D eigenvalue weighted by Gasteiger charge is -2.08. The summed E-state index contributed by atoms with van der Waals surface area (Å²) in [6, 6.07) is 4.90. The molecule has 0 aromatic heterocycles. The van der Waals surface area contributed by atoms with Gasteiger partial charge in [-0.1, -0.05) is 13.8 Å². The van der Waals surface area contributed by atoms with Crippen molar-refractivity contribution in [3.8, 4) is 5.75 Å². The van der Waals surface area contributed by atoms with Crippen molar-refractivity contribution in [2.75, 3.05) is 19.7 Å². The van der Waals surface area contributed by atoms with Crippen molar-refractivity contribution >= 4 is 0 Å². The Morgan fingerprint density at radius 1 is 1.21 bits per heavy atom. The average molecular weight is 267 g/mol. The monoisotopic (exact) mass is 267 g/mol. The lowest BCUT2D eigenvalue weighted by Crippen LogP contribution is -2.20. The van der Waals surface area contributed by atoms with E-state index < -0.39 is 0 Å². The molecule has 0 unspecified atom stereocenters. The van der Waals surface area contributed by atoms with E-state index in [1.807, 2.05) is 0 Å². The minimum atomic E-state index is -0.177. The van der Waals surface area contributed by atoms with Crippen LogP contribution in [0.2, 0.25) is 0 Å². The van der Waals surface area contributed by atoms with Crippen molar-refractivity contribution in [1.29, 1.82) is 0 Å². The number of halogens is 1. The van der Waals surface area contributed by atoms with Gasteiger partial charge in [0.25, 0.3) is 0 Å². The number of benzene rings is 1. The topological polar surface area (TPSA) is 21.3 Å². The van der Waals surface area contributed by atoms with Crippen LogP contribution in [0, 0.1) is 18.7 Å². The van der Waals surface area contributed by atoms with Gasteiger partial charge in [0.15, 0.2) is 0 Å². The van der Waals surface area contributed by atoms with Gasteiger partial charge in [0.05, 0.1) is 6.61 Å². The highest BCUT2D eigenvalue weighted by atomic mass is 19.1. The summed E-state index contributed by atoms with van der Waals surface area (Å²) in [4.78, 5) is 0. The molecule has 1 rings (SSSR count). The maximum Gasteiger partial charge on any atom is 0.126 e. The summed E-state index contributed by atoms with van der Waals surface area (Å²) >= 11 is 0. The molecule has 0 radical (unpaired) electrons. The minimum Gasteiger partial charge on any atom is -0.494 e. The third-order valence-corrected chi connectivity index (χ3v) is 2.95. The highest BCUT2D eigenvalue weighted by Crippen LogP contribution is 2.16. The standard InChI is InChI=1S/C16H26FNO/c1-13(2)12-18-9-5-4-6-10-19-15-7-8-16(17)14(3)11-15/h7-8,11,13,18H,4-6,9-10,12H2,1-3H3. The lowest BCUT2D eigenvalue weighted by molar-refractivity contribution is 0.304. The van der Waals surface area contributed by atoms with Crippen molar-refractivity contribution in [2.45, 2.75) is 40.0 Å². The molecule has 0 aliphatic rings. The second kappa shape index (κ2) is 8.92. The zero-order valence-electron chi connectivity index (χ0n) is 12.3. The van der Waals surface area contributed by atoms with Gasteiger partial charge in [0.2, 0.25) is 0 Å². The van der Waals surface area contributed by atoms with Crippen LogP contribution < -0.4 is 10.1 Å². The van der Waals surface area contributed by atoms with Crippen LogP contribution in [0.5, 0.6) is 5.75 Å². The van der Waals surface area contributed by atoms with Gasteiger partial charge in [0.1, 0.15) is 11.6 Å². The van der Waals surface area contributed by atoms with Crippen molar-refractivity contribution < 1.29 is 9.13 Å². The molecule has 1 aromatic rings. The lowest BCUT2D eigenvalue weighted by atomic mass is 10.2. The van der Waals surface area contributed by atoms with Gasteiger partial charge in [0, 0.05) is 0 Å². The Labute approximate surface area is 116 Å². The minimum absolute atomic E-state index is 0.177. The summed E-state index contributed by atoms with van der Waals surface area (Å²) in [5.41, 5.74) is 0.635. The Morgan fingerprint density at radius 3 is 2.68 bits per heavy atom. The van der Waals surface area contributed by atoms with Gasteiger partial charge < -0.3 is 10.1 Å². The van der Waals surface area contributed by atoms with Gasteiger partial charge in [-0.3, -0.25) is 0 Å². The van der Waals surface area contributed by atoms with E-state index in [2.05, 4.69) is 19.2 Å². The molecule has 3 heteroatoms. The Balaban J connectivity index is 2.03. The summed E-state index contributed by atoms with van der Waals surface area (Å²) in [6.45, 7) is 9.05. The number of unbranched alkanes of at least 4 members (excludes halogenated alkanes) is 2. The molecule has 0 spiro atoms. The van der Waals surface area contributed by atoms with E-state index in [1.54, 1.807) is 19.1 Å². The van der Waals surface area contributed by atoms with E-state index in [9.17, 15) is 4.39 Å². The number of hydrogen-bond donors (Lipinski definition) is 1. The fraction of sp³-hybridized carbons (Fsp3) is 0.625. The molecule has 0 amide bonds. The third-order valence-electron chi connectivity index (χ3n) is 2.95. The van der Waals surface area contributed by atoms with E-state index in [4.69, 9.17) is 4.74 Å². The van der Waals surface area contributed by atoms with Gasteiger partial charge in [-0.2, -0.15) is 0 Å². The highest BCUT2D eigenvalue weighted by Gasteiger charge is 1.99. The molecule has 0 atom stereocenters. The summed E-state index contributed by atoms with van der Waals surface area (Å²) in [5, 5.41) is 3.42. The van der Waals surface area contributed by atoms with Crippen molar-refractivity contribution in [3.05, 3.63) is 29.6 Å². The zero-order chi connectivity index (χ0) is 14.1. The molecule has 2 nitrogen and oxygen atoms in total. The van der Waals surface area contributed by atoms with Crippen LogP contribution in [-0.4, -0.2) is 19.7 Å². The Kier molecular flexibility index (Phi) is 7.49. The van der Waals surface area contributed by atoms with Gasteiger partial charge in [-0.15, -0.1) is 0 Å². The maximum absolute atomic E-state index is 13.1. The van der Waals surface area contributed by atoms with Crippen molar-refractivity contribution in [1.82, 2.24) is 5.32 Å². The molecule has 0 bridgehead atoms. The highest BCUT2D eigenvalue weighted by molar-refractivity contribution is 5.28. The summed E-state index contributed by atoms with van der Waals surface area (Å²) in [7, 11) is 0. The van der Waals surface area contributed by atoms with E-state index >= 15 is 0 Å². The van der Waals surface area contributed by atoms with E-state index in [1.165, 1.54) is 12.5 Å². The van der Waals surface area contributed by atoms with E-state index in [-0.39, 0.29) is 5.82 Å². The molecule has 0 aliphatic heterocycles. The fourth-order valence-electron chi connectivity index (χ4n) is 1.82. The van der Waals surface area contributed by atoms with Gasteiger partial charge in [-0.05, 0) is 69.0 Å². The van der Waals surface area contributed by atoms with Crippen LogP contribution in [0.1, 0.15) is 38.7 Å². The summed E-state index contributed by atoms with van der Waals surface area (Å²) in [5.74, 6) is 1.30. The van der Waals surface area contributed by atoms with Gasteiger partial charge in [-0.25, -0.2) is 4.39 Å². The summed E-state index contributed by atoms with van der Waals surface area (Å²) in [6.07, 6.45) is 3.38. The SMILES string of the molecule is Cc1cc(OCCCCCNCC(C)C)ccc1F. The van der Waals surface area contributed by atoms with E-state index in [0.29, 0.717) is 18.1 Å². The molecule has 0 saturated carbocycles. The average Bonchev–Trinajstić information content (AvgIpc) is 2.36. The normalized spacial score (nSPS) is 11.0. The smallest absolute Gasteiger partial charge is 0.126 e. The Morgan fingerprint density at radius 2 is 2.00 bits per heavy atom. The first-order chi connectivity index (χ1) is 9.09. The molecule has 0 fully saturated rings. The molecule has 0 saturated heterocycles. The van der Waals surface area contributed by atoms with Gasteiger partial charge >= 0.3 is 0 Å². The molecule has 19 heavy (non-hydrogen) atoms. The molecular formula is C16H26FNO. The largest absolute Gasteiger partial charge is 0.494 e. The first-order valence-electron chi connectivity index (χ1n) is 7.19. The first kappa shape index (κ1) is 16.0. The first-order valence-corrected chi connectivity index (χ1v) is 7.19. The number of aryl methyl sites for hydroxylation is 1. The third kappa shape index (κ3) is 7.16. The number of hydrogen-bond acceptors (Lipinski definition) is 2. The molecular weight excluding hydrogens is 241 g/mol. The van der Waals surface area contributed by atoms with Crippen LogP contribution in [0.3, 0.4) is 0 Å². The predicted octanol–water partition coefficient (Wildman–Crippen LogP) is 3.93. The van der Waals surface area contributed by atoms with E-state index in [0.717, 1.165) is 31.7 Å². The van der Waals surface area contributed by atoms with Crippen LogP contribution in [0.25, 0.3) is 0 Å². The fourth-order valence-corrected chi connectivity index (χ4v) is 1.82. The molecule has 0 heterocycles. The predicted molar refractivity (Wildman–Crippen MR) is 78.2 cm³/mol. The molecule has 1 N–H and O–H groups in total. The molecule has 108 valence electrons. The van der Waals surface area contributed by atoms with Crippen molar-refractivity contribution in [2.24, 2.45) is 5.92 Å². The quantitative estimate of drug-likeness (QED) is 0.684. The Hall–Kier alpha value is -1.09. The van der Waals surface area contributed by atoms with Crippen LogP contribution >= 0.6 is 0 Å². The maximum atomic E-state index is 13.1. The molecule has 0 aliphatic carbocycles. The summed E-state index contributed by atoms with van der Waals surface area (Å²) < 4.78 is 18.7. The number of rotatable bonds is 9. The van der Waals surface area contributed by atoms with Crippen molar-refractivity contribution in [3.63, 3.8) is 0 Å². The second-order valence-corrected chi connectivity index (χ2v) is 5.42. The zero-order valence-corrected chi connectivity index (χ0v) is 12.3. The van der Waals surface area contributed by atoms with Crippen LogP contribution in [-0.2, 0) is 0 Å².